The molecule has 0 aliphatic heterocycles. The van der Waals surface area contributed by atoms with Crippen LogP contribution in [-0.2, 0) is 0 Å². The van der Waals surface area contributed by atoms with Crippen molar-refractivity contribution < 1.29 is 4.79 Å². The molecule has 0 unspecified atom stereocenters. The molecule has 0 spiro atoms. The number of hydrogen-bond acceptors (Lipinski definition) is 1. The van der Waals surface area contributed by atoms with Crippen LogP contribution >= 0.6 is 11.6 Å². The van der Waals surface area contributed by atoms with Crippen LogP contribution < -0.4 is 5.32 Å². The summed E-state index contributed by atoms with van der Waals surface area (Å²) in [6.45, 7) is 6.62. The summed E-state index contributed by atoms with van der Waals surface area (Å²) in [5.74, 6) is -0.0805. The van der Waals surface area contributed by atoms with Gasteiger partial charge in [-0.2, -0.15) is 0 Å². The van der Waals surface area contributed by atoms with Gasteiger partial charge in [0, 0.05) is 6.17 Å². The highest BCUT2D eigenvalue weighted by Crippen LogP contribution is 2.14. The van der Waals surface area contributed by atoms with E-state index in [0.717, 1.165) is 6.17 Å². The molecular weight excluding hydrogens is 226 g/mol. The van der Waals surface area contributed by atoms with Gasteiger partial charge in [-0.3, -0.25) is 4.79 Å². The normalized spacial score (nSPS) is 11.2. The van der Waals surface area contributed by atoms with Crippen molar-refractivity contribution in [2.45, 2.75) is 19.6 Å². The summed E-state index contributed by atoms with van der Waals surface area (Å²) in [5.41, 5.74) is 0.553. The third kappa shape index (κ3) is 4.06. The first-order chi connectivity index (χ1) is 6.90. The second kappa shape index (κ2) is 4.81. The van der Waals surface area contributed by atoms with E-state index in [-0.39, 0.29) is 5.91 Å². The van der Waals surface area contributed by atoms with Gasteiger partial charge in [-0.1, -0.05) is 43.4 Å². The molecule has 0 aliphatic carbocycles. The molecule has 4 heteroatoms. The van der Waals surface area contributed by atoms with Gasteiger partial charge < -0.3 is 5.32 Å². The predicted molar refractivity (Wildman–Crippen MR) is 67.1 cm³/mol. The minimum absolute atomic E-state index is 0.0805. The number of carbonyl (C=O) groups is 1. The van der Waals surface area contributed by atoms with Crippen LogP contribution in [0.2, 0.25) is 24.7 Å². The van der Waals surface area contributed by atoms with E-state index < -0.39 is 8.07 Å². The smallest absolute Gasteiger partial charge is 0.252 e. The Hall–Kier alpha value is -0.803. The highest BCUT2D eigenvalue weighted by Gasteiger charge is 2.16. The first-order valence-corrected chi connectivity index (χ1v) is 9.01. The number of rotatable bonds is 3. The summed E-state index contributed by atoms with van der Waals surface area (Å²) in [6.07, 6.45) is 0.775. The second-order valence-electron chi connectivity index (χ2n) is 4.72. The molecule has 1 N–H and O–H groups in total. The molecule has 82 valence electrons. The molecule has 0 bridgehead atoms. The van der Waals surface area contributed by atoms with Crippen molar-refractivity contribution in [2.75, 3.05) is 6.17 Å². The van der Waals surface area contributed by atoms with Gasteiger partial charge in [0.25, 0.3) is 5.91 Å². The van der Waals surface area contributed by atoms with Crippen molar-refractivity contribution in [3.05, 3.63) is 34.9 Å². The molecule has 0 aromatic heterocycles. The molecule has 0 saturated carbocycles. The summed E-state index contributed by atoms with van der Waals surface area (Å²) >= 11 is 5.92. The number of nitrogens with one attached hydrogen (secondary N) is 1. The van der Waals surface area contributed by atoms with Gasteiger partial charge >= 0.3 is 0 Å². The van der Waals surface area contributed by atoms with Crippen LogP contribution in [0, 0.1) is 0 Å². The predicted octanol–water partition coefficient (Wildman–Crippen LogP) is 2.95. The van der Waals surface area contributed by atoms with Crippen molar-refractivity contribution >= 4 is 25.6 Å². The lowest BCUT2D eigenvalue weighted by atomic mass is 10.2. The molecule has 15 heavy (non-hydrogen) atoms. The fourth-order valence-electron chi connectivity index (χ4n) is 1.09. The van der Waals surface area contributed by atoms with E-state index in [0.29, 0.717) is 10.6 Å². The first kappa shape index (κ1) is 12.3. The number of carbonyl (C=O) groups excluding carboxylic acids is 1. The quantitative estimate of drug-likeness (QED) is 0.810. The lowest BCUT2D eigenvalue weighted by Crippen LogP contribution is -2.39. The molecule has 1 aromatic rings. The summed E-state index contributed by atoms with van der Waals surface area (Å²) in [4.78, 5) is 11.7. The van der Waals surface area contributed by atoms with Gasteiger partial charge in [0.1, 0.15) is 0 Å². The molecule has 0 heterocycles. The van der Waals surface area contributed by atoms with E-state index in [1.165, 1.54) is 0 Å². The van der Waals surface area contributed by atoms with Crippen LogP contribution in [-0.4, -0.2) is 20.1 Å². The third-order valence-corrected chi connectivity index (χ3v) is 3.46. The van der Waals surface area contributed by atoms with Crippen LogP contribution in [0.25, 0.3) is 0 Å². The van der Waals surface area contributed by atoms with Gasteiger partial charge in [0.15, 0.2) is 0 Å². The van der Waals surface area contributed by atoms with Gasteiger partial charge in [-0.05, 0) is 12.1 Å². The minimum Gasteiger partial charge on any atom is -0.355 e. The Morgan fingerprint density at radius 2 is 1.93 bits per heavy atom. The van der Waals surface area contributed by atoms with E-state index in [9.17, 15) is 4.79 Å². The van der Waals surface area contributed by atoms with Crippen LogP contribution in [0.1, 0.15) is 10.4 Å². The van der Waals surface area contributed by atoms with Gasteiger partial charge in [0.05, 0.1) is 18.7 Å². The van der Waals surface area contributed by atoms with Crippen molar-refractivity contribution in [3.8, 4) is 0 Å². The molecule has 0 saturated heterocycles. The second-order valence-corrected chi connectivity index (χ2v) is 10.6. The monoisotopic (exact) mass is 241 g/mol. The van der Waals surface area contributed by atoms with Crippen molar-refractivity contribution in [1.29, 1.82) is 0 Å². The average molecular weight is 242 g/mol. The summed E-state index contributed by atoms with van der Waals surface area (Å²) in [7, 11) is -1.25. The zero-order valence-corrected chi connectivity index (χ0v) is 11.1. The van der Waals surface area contributed by atoms with Gasteiger partial charge in [-0.15, -0.1) is 0 Å². The van der Waals surface area contributed by atoms with E-state index in [2.05, 4.69) is 25.0 Å². The summed E-state index contributed by atoms with van der Waals surface area (Å²) in [5, 5.41) is 3.42. The highest BCUT2D eigenvalue weighted by molar-refractivity contribution is 6.76. The third-order valence-electron chi connectivity index (χ3n) is 1.90. The summed E-state index contributed by atoms with van der Waals surface area (Å²) < 4.78 is 0. The Kier molecular flexibility index (Phi) is 3.94. The Labute approximate surface area is 96.7 Å². The number of halogens is 1. The SMILES string of the molecule is C[Si](C)(C)CNC(=O)c1ccccc1Cl. The Balaban J connectivity index is 2.66. The lowest BCUT2D eigenvalue weighted by molar-refractivity contribution is 0.0959. The highest BCUT2D eigenvalue weighted by atomic mass is 35.5. The van der Waals surface area contributed by atoms with Crippen LogP contribution in [0.15, 0.2) is 24.3 Å². The molecular formula is C11H16ClNOSi. The van der Waals surface area contributed by atoms with Gasteiger partial charge in [0.2, 0.25) is 0 Å². The number of amides is 1. The zero-order valence-electron chi connectivity index (χ0n) is 9.30. The lowest BCUT2D eigenvalue weighted by Gasteiger charge is -2.16. The van der Waals surface area contributed by atoms with Crippen molar-refractivity contribution in [3.63, 3.8) is 0 Å². The van der Waals surface area contributed by atoms with Crippen LogP contribution in [0.4, 0.5) is 0 Å². The molecule has 0 atom stereocenters. The Bertz CT molecular complexity index is 360. The van der Waals surface area contributed by atoms with Crippen LogP contribution in [0.5, 0.6) is 0 Å². The molecule has 1 rings (SSSR count). The van der Waals surface area contributed by atoms with E-state index in [1.54, 1.807) is 12.1 Å². The molecule has 1 aromatic carbocycles. The maximum absolute atomic E-state index is 11.7. The molecule has 0 radical (unpaired) electrons. The standard InChI is InChI=1S/C11H16ClNOSi/c1-15(2,3)8-13-11(14)9-6-4-5-7-10(9)12/h4-7H,8H2,1-3H3,(H,13,14). The maximum Gasteiger partial charge on any atom is 0.252 e. The summed E-state index contributed by atoms with van der Waals surface area (Å²) in [6, 6.07) is 7.10. The Morgan fingerprint density at radius 3 is 2.47 bits per heavy atom. The van der Waals surface area contributed by atoms with E-state index in [1.807, 2.05) is 12.1 Å². The maximum atomic E-state index is 11.7. The van der Waals surface area contributed by atoms with Crippen molar-refractivity contribution in [1.82, 2.24) is 5.32 Å². The molecule has 0 aliphatic rings. The topological polar surface area (TPSA) is 29.1 Å². The largest absolute Gasteiger partial charge is 0.355 e. The number of benzene rings is 1. The molecule has 1 amide bonds. The average Bonchev–Trinajstić information content (AvgIpc) is 2.14. The fraction of sp³-hybridized carbons (Fsp3) is 0.364. The van der Waals surface area contributed by atoms with Crippen LogP contribution in [0.3, 0.4) is 0 Å². The van der Waals surface area contributed by atoms with E-state index in [4.69, 9.17) is 11.6 Å². The molecule has 0 fully saturated rings. The molecule has 2 nitrogen and oxygen atoms in total. The number of hydrogen-bond donors (Lipinski definition) is 1. The van der Waals surface area contributed by atoms with E-state index >= 15 is 0 Å². The van der Waals surface area contributed by atoms with Crippen molar-refractivity contribution in [2.24, 2.45) is 0 Å². The van der Waals surface area contributed by atoms with Gasteiger partial charge in [-0.25, -0.2) is 0 Å². The zero-order chi connectivity index (χ0) is 11.5. The first-order valence-electron chi connectivity index (χ1n) is 4.93. The minimum atomic E-state index is -1.25. The Morgan fingerprint density at radius 1 is 1.33 bits per heavy atom. The fourth-order valence-corrected chi connectivity index (χ4v) is 2.00.